The topological polar surface area (TPSA) is 60.7 Å². The molecule has 0 radical (unpaired) electrons. The van der Waals surface area contributed by atoms with Gasteiger partial charge in [-0.2, -0.15) is 8.42 Å². The third-order valence-corrected chi connectivity index (χ3v) is 6.50. The molecule has 2 aromatic carbocycles. The van der Waals surface area contributed by atoms with Crippen molar-refractivity contribution in [1.29, 1.82) is 0 Å². The Morgan fingerprint density at radius 3 is 2.62 bits per heavy atom. The largest absolute Gasteiger partial charge is 0.380 e. The maximum atomic E-state index is 12.7. The van der Waals surface area contributed by atoms with Gasteiger partial charge in [-0.3, -0.25) is 0 Å². The van der Waals surface area contributed by atoms with Gasteiger partial charge in [0.05, 0.1) is 21.7 Å². The van der Waals surface area contributed by atoms with Gasteiger partial charge in [0.25, 0.3) is 10.0 Å². The molecule has 138 valence electrons. The zero-order valence-electron chi connectivity index (χ0n) is 14.5. The highest BCUT2D eigenvalue weighted by molar-refractivity contribution is 7.90. The van der Waals surface area contributed by atoms with Crippen LogP contribution >= 0.6 is 22.9 Å². The number of aryl methyl sites for hydroxylation is 1. The summed E-state index contributed by atoms with van der Waals surface area (Å²) in [5.41, 5.74) is 1.88. The van der Waals surface area contributed by atoms with Crippen LogP contribution in [0.4, 0.5) is 0 Å². The minimum absolute atomic E-state index is 0.176. The summed E-state index contributed by atoms with van der Waals surface area (Å²) in [6.07, 6.45) is 0. The number of aromatic nitrogens is 1. The van der Waals surface area contributed by atoms with Crippen LogP contribution in [0.2, 0.25) is 5.02 Å². The van der Waals surface area contributed by atoms with Gasteiger partial charge in [-0.1, -0.05) is 40.6 Å². The fourth-order valence-corrected chi connectivity index (χ4v) is 5.03. The van der Waals surface area contributed by atoms with Gasteiger partial charge in [-0.15, -0.1) is 4.40 Å². The minimum atomic E-state index is -3.80. The molecule has 0 spiro atoms. The van der Waals surface area contributed by atoms with Crippen LogP contribution < -0.4 is 4.80 Å². The molecule has 26 heavy (non-hydrogen) atoms. The van der Waals surface area contributed by atoms with E-state index in [-0.39, 0.29) is 4.90 Å². The number of hydrogen-bond donors (Lipinski definition) is 0. The van der Waals surface area contributed by atoms with Crippen molar-refractivity contribution >= 4 is 43.2 Å². The first kappa shape index (κ1) is 19.1. The lowest BCUT2D eigenvalue weighted by atomic mass is 10.2. The lowest BCUT2D eigenvalue weighted by Crippen LogP contribution is -2.19. The average Bonchev–Trinajstić information content (AvgIpc) is 2.91. The second-order valence-electron chi connectivity index (χ2n) is 5.72. The number of fused-ring (bicyclic) bond motifs is 1. The monoisotopic (exact) mass is 410 g/mol. The molecule has 0 aliphatic carbocycles. The van der Waals surface area contributed by atoms with Crippen LogP contribution in [0.3, 0.4) is 0 Å². The van der Waals surface area contributed by atoms with E-state index >= 15 is 0 Å². The molecule has 0 bridgehead atoms. The van der Waals surface area contributed by atoms with Gasteiger partial charge in [0.15, 0.2) is 0 Å². The molecule has 0 amide bonds. The Morgan fingerprint density at radius 2 is 1.92 bits per heavy atom. The molecule has 0 aliphatic heterocycles. The first-order valence-electron chi connectivity index (χ1n) is 8.15. The zero-order valence-corrected chi connectivity index (χ0v) is 16.9. The van der Waals surface area contributed by atoms with Crippen molar-refractivity contribution in [2.24, 2.45) is 4.40 Å². The Hall–Kier alpha value is -1.67. The summed E-state index contributed by atoms with van der Waals surface area (Å²) in [5, 5.41) is 0.601. The number of ether oxygens (including phenoxy) is 1. The molecule has 0 saturated carbocycles. The van der Waals surface area contributed by atoms with E-state index in [0.29, 0.717) is 29.6 Å². The maximum Gasteiger partial charge on any atom is 0.285 e. The summed E-state index contributed by atoms with van der Waals surface area (Å²) >= 11 is 7.37. The molecule has 0 N–H and O–H groups in total. The fraction of sp³-hybridized carbons (Fsp3) is 0.278. The number of sulfonamides is 1. The Labute approximate surface area is 161 Å². The van der Waals surface area contributed by atoms with E-state index < -0.39 is 10.0 Å². The number of rotatable bonds is 6. The van der Waals surface area contributed by atoms with E-state index in [9.17, 15) is 8.42 Å². The van der Waals surface area contributed by atoms with Crippen molar-refractivity contribution in [2.45, 2.75) is 25.3 Å². The second kappa shape index (κ2) is 7.92. The first-order valence-corrected chi connectivity index (χ1v) is 10.8. The predicted octanol–water partition coefficient (Wildman–Crippen LogP) is 3.99. The van der Waals surface area contributed by atoms with Crippen LogP contribution in [0.25, 0.3) is 10.2 Å². The third-order valence-electron chi connectivity index (χ3n) is 3.83. The molecular formula is C18H19ClN2O3S2. The van der Waals surface area contributed by atoms with Gasteiger partial charge >= 0.3 is 0 Å². The molecule has 0 fully saturated rings. The Morgan fingerprint density at radius 1 is 1.19 bits per heavy atom. The van der Waals surface area contributed by atoms with E-state index in [1.807, 2.05) is 30.5 Å². The second-order valence-corrected chi connectivity index (χ2v) is 8.77. The molecule has 0 unspecified atom stereocenters. The van der Waals surface area contributed by atoms with Gasteiger partial charge in [0.1, 0.15) is 0 Å². The van der Waals surface area contributed by atoms with Gasteiger partial charge in [0, 0.05) is 18.2 Å². The molecule has 5 nitrogen and oxygen atoms in total. The zero-order chi connectivity index (χ0) is 18.7. The highest BCUT2D eigenvalue weighted by Gasteiger charge is 2.15. The van der Waals surface area contributed by atoms with Crippen LogP contribution in [0, 0.1) is 6.92 Å². The van der Waals surface area contributed by atoms with E-state index in [1.54, 1.807) is 30.3 Å². The number of thiazole rings is 1. The minimum Gasteiger partial charge on any atom is -0.380 e. The van der Waals surface area contributed by atoms with Crippen LogP contribution in [-0.2, 0) is 21.3 Å². The van der Waals surface area contributed by atoms with Crippen LogP contribution in [0.15, 0.2) is 51.8 Å². The van der Waals surface area contributed by atoms with Gasteiger partial charge in [0.2, 0.25) is 4.80 Å². The Kier molecular flexibility index (Phi) is 5.82. The normalized spacial score (nSPS) is 12.8. The van der Waals surface area contributed by atoms with E-state index in [0.717, 1.165) is 15.8 Å². The molecule has 1 heterocycles. The average molecular weight is 411 g/mol. The SMILES string of the molecule is CCOCCn1c(=NS(=O)(=O)c2ccc(C)cc2)sc2cc(Cl)ccc21. The van der Waals surface area contributed by atoms with Gasteiger partial charge in [-0.05, 0) is 44.2 Å². The molecule has 8 heteroatoms. The molecular weight excluding hydrogens is 392 g/mol. The van der Waals surface area contributed by atoms with Crippen LogP contribution in [-0.4, -0.2) is 26.2 Å². The van der Waals surface area contributed by atoms with Crippen molar-refractivity contribution in [2.75, 3.05) is 13.2 Å². The van der Waals surface area contributed by atoms with Gasteiger partial charge < -0.3 is 9.30 Å². The molecule has 3 aromatic rings. The summed E-state index contributed by atoms with van der Waals surface area (Å²) in [4.78, 5) is 0.581. The molecule has 0 saturated heterocycles. The lowest BCUT2D eigenvalue weighted by molar-refractivity contribution is 0.139. The highest BCUT2D eigenvalue weighted by Crippen LogP contribution is 2.22. The van der Waals surface area contributed by atoms with Crippen molar-refractivity contribution in [3.8, 4) is 0 Å². The Bertz CT molecular complexity index is 1080. The summed E-state index contributed by atoms with van der Waals surface area (Å²) in [6, 6.07) is 12.1. The van der Waals surface area contributed by atoms with E-state index in [1.165, 1.54) is 11.3 Å². The van der Waals surface area contributed by atoms with E-state index in [2.05, 4.69) is 4.40 Å². The van der Waals surface area contributed by atoms with Crippen LogP contribution in [0.5, 0.6) is 0 Å². The number of halogens is 1. The number of hydrogen-bond acceptors (Lipinski definition) is 4. The number of nitrogens with zero attached hydrogens (tertiary/aromatic N) is 2. The summed E-state index contributed by atoms with van der Waals surface area (Å²) < 4.78 is 37.7. The fourth-order valence-electron chi connectivity index (χ4n) is 2.50. The van der Waals surface area contributed by atoms with Crippen molar-refractivity contribution in [1.82, 2.24) is 4.57 Å². The summed E-state index contributed by atoms with van der Waals surface area (Å²) in [5.74, 6) is 0. The highest BCUT2D eigenvalue weighted by atomic mass is 35.5. The Balaban J connectivity index is 2.14. The quantitative estimate of drug-likeness (QED) is 0.577. The van der Waals surface area contributed by atoms with Crippen LogP contribution in [0.1, 0.15) is 12.5 Å². The molecule has 0 aliphatic rings. The smallest absolute Gasteiger partial charge is 0.285 e. The lowest BCUT2D eigenvalue weighted by Gasteiger charge is -2.06. The third kappa shape index (κ3) is 4.17. The summed E-state index contributed by atoms with van der Waals surface area (Å²) in [6.45, 7) is 5.41. The number of benzene rings is 2. The first-order chi connectivity index (χ1) is 12.4. The summed E-state index contributed by atoms with van der Waals surface area (Å²) in [7, 11) is -3.80. The predicted molar refractivity (Wildman–Crippen MR) is 105 cm³/mol. The van der Waals surface area contributed by atoms with E-state index in [4.69, 9.17) is 16.3 Å². The molecule has 3 rings (SSSR count). The molecule has 1 aromatic heterocycles. The van der Waals surface area contributed by atoms with Crippen molar-refractivity contribution < 1.29 is 13.2 Å². The molecule has 0 atom stereocenters. The van der Waals surface area contributed by atoms with Gasteiger partial charge in [-0.25, -0.2) is 0 Å². The maximum absolute atomic E-state index is 12.7. The standard InChI is InChI=1S/C18H19ClN2O3S2/c1-3-24-11-10-21-16-9-6-14(19)12-17(16)25-18(21)20-26(22,23)15-7-4-13(2)5-8-15/h4-9,12H,3,10-11H2,1-2H3. The van der Waals surface area contributed by atoms with Crippen molar-refractivity contribution in [3.63, 3.8) is 0 Å². The van der Waals surface area contributed by atoms with Crippen molar-refractivity contribution in [3.05, 3.63) is 57.9 Å².